The predicted molar refractivity (Wildman–Crippen MR) is 65.3 cm³/mol. The second kappa shape index (κ2) is 5.52. The van der Waals surface area contributed by atoms with Crippen molar-refractivity contribution in [2.45, 2.75) is 10.9 Å². The van der Waals surface area contributed by atoms with E-state index in [4.69, 9.17) is 4.42 Å². The average molecular weight is 285 g/mol. The molecule has 0 spiro atoms. The Kier molecular flexibility index (Phi) is 3.98. The zero-order chi connectivity index (χ0) is 13.9. The van der Waals surface area contributed by atoms with Gasteiger partial charge >= 0.3 is 0 Å². The Morgan fingerprint density at radius 3 is 2.58 bits per heavy atom. The highest BCUT2D eigenvalue weighted by molar-refractivity contribution is 7.89. The monoisotopic (exact) mass is 285 g/mol. The lowest BCUT2D eigenvalue weighted by Gasteiger charge is -2.14. The molecule has 1 aromatic carbocycles. The number of benzene rings is 1. The largest absolute Gasteiger partial charge is 0.468 e. The standard InChI is InChI=1S/C12H12FNO4S/c13-9-4-1-2-6-12(9)19(16,17)14-10(8-15)11-5-3-7-18-11/h1-7,10,14-15H,8H2. The van der Waals surface area contributed by atoms with E-state index in [1.807, 2.05) is 0 Å². The van der Waals surface area contributed by atoms with E-state index in [0.717, 1.165) is 12.1 Å². The van der Waals surface area contributed by atoms with Crippen LogP contribution in [0.5, 0.6) is 0 Å². The second-order valence-corrected chi connectivity index (χ2v) is 5.48. The maximum absolute atomic E-state index is 13.5. The summed E-state index contributed by atoms with van der Waals surface area (Å²) in [4.78, 5) is -0.472. The van der Waals surface area contributed by atoms with Crippen LogP contribution in [0.15, 0.2) is 52.0 Å². The summed E-state index contributed by atoms with van der Waals surface area (Å²) in [6.07, 6.45) is 1.36. The molecule has 7 heteroatoms. The van der Waals surface area contributed by atoms with E-state index in [0.29, 0.717) is 0 Å². The molecule has 0 aliphatic rings. The van der Waals surface area contributed by atoms with E-state index in [2.05, 4.69) is 4.72 Å². The topological polar surface area (TPSA) is 79.5 Å². The first kappa shape index (κ1) is 13.7. The number of rotatable bonds is 5. The van der Waals surface area contributed by atoms with Gasteiger partial charge in [-0.25, -0.2) is 12.8 Å². The SMILES string of the molecule is O=S(=O)(NC(CO)c1ccco1)c1ccccc1F. The van der Waals surface area contributed by atoms with Gasteiger partial charge in [0, 0.05) is 0 Å². The zero-order valence-electron chi connectivity index (χ0n) is 9.78. The number of furan rings is 1. The molecule has 2 N–H and O–H groups in total. The fourth-order valence-corrected chi connectivity index (χ4v) is 2.86. The van der Waals surface area contributed by atoms with Gasteiger partial charge in [-0.2, -0.15) is 4.72 Å². The number of aliphatic hydroxyl groups excluding tert-OH is 1. The van der Waals surface area contributed by atoms with Gasteiger partial charge in [0.25, 0.3) is 0 Å². The van der Waals surface area contributed by atoms with E-state index in [1.54, 1.807) is 6.07 Å². The molecule has 0 aliphatic carbocycles. The van der Waals surface area contributed by atoms with Crippen molar-refractivity contribution in [2.24, 2.45) is 0 Å². The third kappa shape index (κ3) is 3.01. The van der Waals surface area contributed by atoms with Crippen molar-refractivity contribution >= 4 is 10.0 Å². The highest BCUT2D eigenvalue weighted by Crippen LogP contribution is 2.19. The van der Waals surface area contributed by atoms with Crippen molar-refractivity contribution < 1.29 is 22.3 Å². The minimum atomic E-state index is -4.07. The van der Waals surface area contributed by atoms with Crippen LogP contribution in [0.1, 0.15) is 11.8 Å². The Balaban J connectivity index is 2.29. The lowest BCUT2D eigenvalue weighted by molar-refractivity contribution is 0.241. The van der Waals surface area contributed by atoms with Gasteiger partial charge in [0.2, 0.25) is 10.0 Å². The summed E-state index contributed by atoms with van der Waals surface area (Å²) in [5, 5.41) is 9.20. The van der Waals surface area contributed by atoms with Crippen molar-refractivity contribution in [1.29, 1.82) is 0 Å². The molecule has 0 bridgehead atoms. The molecule has 0 saturated heterocycles. The Hall–Kier alpha value is -1.70. The van der Waals surface area contributed by atoms with Crippen LogP contribution in [0.4, 0.5) is 4.39 Å². The first-order chi connectivity index (χ1) is 9.04. The number of hydrogen-bond donors (Lipinski definition) is 2. The number of hydrogen-bond acceptors (Lipinski definition) is 4. The predicted octanol–water partition coefficient (Wildman–Crippen LogP) is 1.43. The number of nitrogens with one attached hydrogen (secondary N) is 1. The molecular formula is C12H12FNO4S. The second-order valence-electron chi connectivity index (χ2n) is 3.80. The highest BCUT2D eigenvalue weighted by atomic mass is 32.2. The van der Waals surface area contributed by atoms with Gasteiger partial charge < -0.3 is 9.52 Å². The maximum atomic E-state index is 13.5. The molecule has 0 amide bonds. The van der Waals surface area contributed by atoms with Crippen molar-refractivity contribution in [1.82, 2.24) is 4.72 Å². The van der Waals surface area contributed by atoms with E-state index >= 15 is 0 Å². The summed E-state index contributed by atoms with van der Waals surface area (Å²) in [6, 6.07) is 7.13. The van der Waals surface area contributed by atoms with Gasteiger partial charge in [-0.15, -0.1) is 0 Å². The van der Waals surface area contributed by atoms with E-state index < -0.39 is 33.4 Å². The van der Waals surface area contributed by atoms with Crippen LogP contribution < -0.4 is 4.72 Å². The summed E-state index contributed by atoms with van der Waals surface area (Å²) < 4.78 is 44.7. The molecule has 2 aromatic rings. The van der Waals surface area contributed by atoms with Crippen LogP contribution >= 0.6 is 0 Å². The first-order valence-corrected chi connectivity index (χ1v) is 6.94. The number of aliphatic hydroxyl groups is 1. The zero-order valence-corrected chi connectivity index (χ0v) is 10.6. The minimum Gasteiger partial charge on any atom is -0.468 e. The molecule has 1 atom stereocenters. The van der Waals surface area contributed by atoms with Gasteiger partial charge in [0.1, 0.15) is 22.5 Å². The van der Waals surface area contributed by atoms with Crippen molar-refractivity contribution in [3.63, 3.8) is 0 Å². The fourth-order valence-electron chi connectivity index (χ4n) is 1.59. The highest BCUT2D eigenvalue weighted by Gasteiger charge is 2.24. The maximum Gasteiger partial charge on any atom is 0.244 e. The number of sulfonamides is 1. The van der Waals surface area contributed by atoms with Crippen molar-refractivity contribution in [3.05, 3.63) is 54.2 Å². The average Bonchev–Trinajstić information content (AvgIpc) is 2.90. The van der Waals surface area contributed by atoms with Gasteiger partial charge in [0.05, 0.1) is 12.9 Å². The van der Waals surface area contributed by atoms with Crippen LogP contribution in [0.2, 0.25) is 0 Å². The number of halogens is 1. The molecule has 5 nitrogen and oxygen atoms in total. The summed E-state index contributed by atoms with van der Waals surface area (Å²) >= 11 is 0. The van der Waals surface area contributed by atoms with Crippen molar-refractivity contribution in [2.75, 3.05) is 6.61 Å². The molecule has 1 unspecified atom stereocenters. The minimum absolute atomic E-state index is 0.252. The van der Waals surface area contributed by atoms with E-state index in [9.17, 15) is 17.9 Å². The Morgan fingerprint density at radius 2 is 2.00 bits per heavy atom. The molecular weight excluding hydrogens is 273 g/mol. The van der Waals surface area contributed by atoms with E-state index in [1.165, 1.54) is 24.5 Å². The van der Waals surface area contributed by atoms with Gasteiger partial charge in [-0.1, -0.05) is 12.1 Å². The molecule has 0 saturated carbocycles. The Bertz CT molecular complexity index is 640. The van der Waals surface area contributed by atoms with Crippen LogP contribution in [0, 0.1) is 5.82 Å². The lowest BCUT2D eigenvalue weighted by atomic mass is 10.2. The quantitative estimate of drug-likeness (QED) is 0.871. The van der Waals surface area contributed by atoms with E-state index in [-0.39, 0.29) is 5.76 Å². The van der Waals surface area contributed by atoms with Crippen molar-refractivity contribution in [3.8, 4) is 0 Å². The fraction of sp³-hybridized carbons (Fsp3) is 0.167. The molecule has 1 heterocycles. The summed E-state index contributed by atoms with van der Waals surface area (Å²) in [5.41, 5.74) is 0. The molecule has 19 heavy (non-hydrogen) atoms. The Labute approximate surface area is 109 Å². The summed E-state index contributed by atoms with van der Waals surface area (Å²) in [6.45, 7) is -0.499. The van der Waals surface area contributed by atoms with Crippen LogP contribution in [-0.4, -0.2) is 20.1 Å². The third-order valence-electron chi connectivity index (χ3n) is 2.49. The lowest BCUT2D eigenvalue weighted by Crippen LogP contribution is -2.31. The van der Waals surface area contributed by atoms with Crippen LogP contribution in [-0.2, 0) is 10.0 Å². The molecule has 0 fully saturated rings. The van der Waals surface area contributed by atoms with Gasteiger partial charge in [0.15, 0.2) is 0 Å². The molecule has 102 valence electrons. The van der Waals surface area contributed by atoms with Crippen LogP contribution in [0.25, 0.3) is 0 Å². The normalized spacial score (nSPS) is 13.4. The smallest absolute Gasteiger partial charge is 0.244 e. The summed E-state index contributed by atoms with van der Waals surface area (Å²) in [5.74, 6) is -0.603. The van der Waals surface area contributed by atoms with Gasteiger partial charge in [-0.05, 0) is 24.3 Å². The van der Waals surface area contributed by atoms with Gasteiger partial charge in [-0.3, -0.25) is 0 Å². The third-order valence-corrected chi connectivity index (χ3v) is 4.00. The first-order valence-electron chi connectivity index (χ1n) is 5.45. The molecule has 0 radical (unpaired) electrons. The molecule has 0 aliphatic heterocycles. The Morgan fingerprint density at radius 1 is 1.26 bits per heavy atom. The molecule has 2 rings (SSSR count). The molecule has 1 aromatic heterocycles. The summed E-state index contributed by atoms with van der Waals surface area (Å²) in [7, 11) is -4.07. The van der Waals surface area contributed by atoms with Crippen LogP contribution in [0.3, 0.4) is 0 Å².